The molecule has 25 heavy (non-hydrogen) atoms. The lowest BCUT2D eigenvalue weighted by molar-refractivity contribution is -0.141. The molecule has 1 amide bonds. The highest BCUT2D eigenvalue weighted by Gasteiger charge is 2.41. The van der Waals surface area contributed by atoms with Gasteiger partial charge in [-0.3, -0.25) is 9.59 Å². The number of likely N-dealkylation sites (tertiary alicyclic amines) is 1. The molecule has 0 spiro atoms. The number of rotatable bonds is 4. The van der Waals surface area contributed by atoms with Crippen molar-refractivity contribution in [2.75, 3.05) is 13.1 Å². The van der Waals surface area contributed by atoms with Crippen molar-refractivity contribution in [1.29, 1.82) is 0 Å². The van der Waals surface area contributed by atoms with Gasteiger partial charge in [-0.05, 0) is 23.8 Å². The summed E-state index contributed by atoms with van der Waals surface area (Å²) < 4.78 is 5.43. The highest BCUT2D eigenvalue weighted by molar-refractivity contribution is 6.30. The van der Waals surface area contributed by atoms with Gasteiger partial charge in [0.25, 0.3) is 5.91 Å². The molecular weight excluding hydrogens is 342 g/mol. The molecule has 132 valence electrons. The summed E-state index contributed by atoms with van der Waals surface area (Å²) >= 11 is 5.92. The van der Waals surface area contributed by atoms with Crippen LogP contribution in [0.15, 0.2) is 41.0 Å². The number of halogens is 1. The number of carboxylic acids is 1. The number of hydrogen-bond donors (Lipinski definition) is 1. The first-order chi connectivity index (χ1) is 11.9. The Balaban J connectivity index is 1.87. The molecule has 3 rings (SSSR count). The van der Waals surface area contributed by atoms with Crippen molar-refractivity contribution in [3.05, 3.63) is 58.5 Å². The molecule has 1 fully saturated rings. The Morgan fingerprint density at radius 3 is 2.48 bits per heavy atom. The number of furan rings is 1. The van der Waals surface area contributed by atoms with E-state index in [4.69, 9.17) is 16.0 Å². The molecule has 1 aromatic carbocycles. The Morgan fingerprint density at radius 2 is 1.88 bits per heavy atom. The van der Waals surface area contributed by atoms with Crippen molar-refractivity contribution in [2.24, 2.45) is 5.92 Å². The second-order valence-corrected chi connectivity index (χ2v) is 7.10. The number of benzene rings is 1. The second kappa shape index (κ2) is 6.92. The maximum Gasteiger partial charge on any atom is 0.308 e. The predicted octanol–water partition coefficient (Wildman–Crippen LogP) is 4.00. The molecule has 5 nitrogen and oxygen atoms in total. The van der Waals surface area contributed by atoms with Crippen LogP contribution in [0.1, 0.15) is 47.4 Å². The van der Waals surface area contributed by atoms with Crippen LogP contribution in [-0.2, 0) is 4.79 Å². The fraction of sp³-hybridized carbons (Fsp3) is 0.368. The molecule has 2 aromatic rings. The molecule has 0 aliphatic carbocycles. The molecule has 1 aliphatic heterocycles. The number of hydrogen-bond acceptors (Lipinski definition) is 3. The first-order valence-electron chi connectivity index (χ1n) is 8.23. The van der Waals surface area contributed by atoms with Gasteiger partial charge in [-0.25, -0.2) is 0 Å². The van der Waals surface area contributed by atoms with E-state index in [0.29, 0.717) is 22.9 Å². The summed E-state index contributed by atoms with van der Waals surface area (Å²) in [6, 6.07) is 8.80. The van der Waals surface area contributed by atoms with Crippen LogP contribution >= 0.6 is 11.6 Å². The summed E-state index contributed by atoms with van der Waals surface area (Å²) in [7, 11) is 0. The SMILES string of the molecule is CC(C)c1occc1C(=O)N1C[C@@H](C(=O)O)[C@H](c2ccc(Cl)cc2)C1. The van der Waals surface area contributed by atoms with E-state index >= 15 is 0 Å². The molecule has 0 saturated carbocycles. The van der Waals surface area contributed by atoms with Crippen LogP contribution in [0.5, 0.6) is 0 Å². The van der Waals surface area contributed by atoms with Gasteiger partial charge >= 0.3 is 5.97 Å². The summed E-state index contributed by atoms with van der Waals surface area (Å²) in [5, 5.41) is 10.2. The smallest absolute Gasteiger partial charge is 0.308 e. The number of aliphatic carboxylic acids is 1. The molecule has 0 bridgehead atoms. The molecule has 2 heterocycles. The van der Waals surface area contributed by atoms with Crippen LogP contribution in [0.25, 0.3) is 0 Å². The van der Waals surface area contributed by atoms with Gasteiger partial charge in [-0.2, -0.15) is 0 Å². The normalized spacial score (nSPS) is 20.2. The summed E-state index contributed by atoms with van der Waals surface area (Å²) in [5.41, 5.74) is 1.39. The van der Waals surface area contributed by atoms with Gasteiger partial charge in [-0.1, -0.05) is 37.6 Å². The molecule has 1 aliphatic rings. The lowest BCUT2D eigenvalue weighted by Gasteiger charge is -2.17. The van der Waals surface area contributed by atoms with E-state index in [1.165, 1.54) is 6.26 Å². The van der Waals surface area contributed by atoms with E-state index in [-0.39, 0.29) is 24.3 Å². The predicted molar refractivity (Wildman–Crippen MR) is 94.0 cm³/mol. The maximum atomic E-state index is 12.9. The number of carbonyl (C=O) groups is 2. The molecule has 0 unspecified atom stereocenters. The van der Waals surface area contributed by atoms with Gasteiger partial charge in [0.15, 0.2) is 0 Å². The minimum absolute atomic E-state index is 0.0823. The molecule has 1 N–H and O–H groups in total. The van der Waals surface area contributed by atoms with Crippen LogP contribution < -0.4 is 0 Å². The average Bonchev–Trinajstić information content (AvgIpc) is 3.22. The summed E-state index contributed by atoms with van der Waals surface area (Å²) in [5.74, 6) is -1.26. The zero-order valence-electron chi connectivity index (χ0n) is 14.1. The minimum atomic E-state index is -0.897. The van der Waals surface area contributed by atoms with E-state index < -0.39 is 11.9 Å². The van der Waals surface area contributed by atoms with E-state index in [1.807, 2.05) is 26.0 Å². The van der Waals surface area contributed by atoms with Crippen molar-refractivity contribution in [2.45, 2.75) is 25.7 Å². The van der Waals surface area contributed by atoms with Crippen LogP contribution in [-0.4, -0.2) is 35.0 Å². The molecule has 1 saturated heterocycles. The third-order valence-corrected chi connectivity index (χ3v) is 4.92. The fourth-order valence-corrected chi connectivity index (χ4v) is 3.51. The van der Waals surface area contributed by atoms with E-state index in [0.717, 1.165) is 5.56 Å². The highest BCUT2D eigenvalue weighted by Crippen LogP contribution is 2.35. The largest absolute Gasteiger partial charge is 0.481 e. The van der Waals surface area contributed by atoms with Crippen LogP contribution in [0.3, 0.4) is 0 Å². The van der Waals surface area contributed by atoms with Crippen molar-refractivity contribution < 1.29 is 19.1 Å². The molecular formula is C19H20ClNO4. The number of carbonyl (C=O) groups excluding carboxylic acids is 1. The Kier molecular flexibility index (Phi) is 4.86. The zero-order chi connectivity index (χ0) is 18.1. The first kappa shape index (κ1) is 17.5. The van der Waals surface area contributed by atoms with Crippen LogP contribution in [0.2, 0.25) is 5.02 Å². The monoisotopic (exact) mass is 361 g/mol. The van der Waals surface area contributed by atoms with Crippen LogP contribution in [0, 0.1) is 5.92 Å². The van der Waals surface area contributed by atoms with Crippen molar-refractivity contribution in [3.8, 4) is 0 Å². The lowest BCUT2D eigenvalue weighted by atomic mass is 9.89. The van der Waals surface area contributed by atoms with Crippen molar-refractivity contribution >= 4 is 23.5 Å². The van der Waals surface area contributed by atoms with Gasteiger partial charge < -0.3 is 14.4 Å². The third kappa shape index (κ3) is 3.42. The first-order valence-corrected chi connectivity index (χ1v) is 8.61. The summed E-state index contributed by atoms with van der Waals surface area (Å²) in [6.07, 6.45) is 1.50. The molecule has 1 aromatic heterocycles. The molecule has 0 radical (unpaired) electrons. The third-order valence-electron chi connectivity index (χ3n) is 4.67. The molecule has 6 heteroatoms. The quantitative estimate of drug-likeness (QED) is 0.893. The second-order valence-electron chi connectivity index (χ2n) is 6.67. The van der Waals surface area contributed by atoms with E-state index in [9.17, 15) is 14.7 Å². The van der Waals surface area contributed by atoms with Crippen molar-refractivity contribution in [3.63, 3.8) is 0 Å². The highest BCUT2D eigenvalue weighted by atomic mass is 35.5. The number of carboxylic acid groups (broad SMARTS) is 1. The topological polar surface area (TPSA) is 70.8 Å². The van der Waals surface area contributed by atoms with E-state index in [1.54, 1.807) is 23.1 Å². The zero-order valence-corrected chi connectivity index (χ0v) is 14.9. The van der Waals surface area contributed by atoms with Gasteiger partial charge in [0.05, 0.1) is 17.7 Å². The van der Waals surface area contributed by atoms with Gasteiger partial charge in [0.2, 0.25) is 0 Å². The standard InChI is InChI=1S/C19H20ClNO4/c1-11(2)17-14(7-8-25-17)18(22)21-9-15(16(10-21)19(23)24)12-3-5-13(20)6-4-12/h3-8,11,15-16H,9-10H2,1-2H3,(H,23,24)/t15-,16+/m0/s1. The molecule has 2 atom stereocenters. The number of nitrogens with zero attached hydrogens (tertiary/aromatic N) is 1. The van der Waals surface area contributed by atoms with Crippen molar-refractivity contribution in [1.82, 2.24) is 4.90 Å². The Hall–Kier alpha value is -2.27. The minimum Gasteiger partial charge on any atom is -0.481 e. The van der Waals surface area contributed by atoms with Crippen LogP contribution in [0.4, 0.5) is 0 Å². The van der Waals surface area contributed by atoms with Gasteiger partial charge in [0.1, 0.15) is 5.76 Å². The Morgan fingerprint density at radius 1 is 1.20 bits per heavy atom. The summed E-state index contributed by atoms with van der Waals surface area (Å²) in [4.78, 5) is 26.2. The maximum absolute atomic E-state index is 12.9. The van der Waals surface area contributed by atoms with Gasteiger partial charge in [-0.15, -0.1) is 0 Å². The average molecular weight is 362 g/mol. The lowest BCUT2D eigenvalue weighted by Crippen LogP contribution is -2.30. The Bertz CT molecular complexity index is 781. The fourth-order valence-electron chi connectivity index (χ4n) is 3.38. The van der Waals surface area contributed by atoms with E-state index in [2.05, 4.69) is 0 Å². The van der Waals surface area contributed by atoms with Gasteiger partial charge in [0, 0.05) is 29.9 Å². The Labute approximate surface area is 151 Å². The summed E-state index contributed by atoms with van der Waals surface area (Å²) in [6.45, 7) is 4.46. The number of amides is 1.